The molecule has 3 nitrogen and oxygen atoms in total. The smallest absolute Gasteiger partial charge is 0.0931 e. The molecule has 1 heterocycles. The Hall–Kier alpha value is -1.35. The Labute approximate surface area is 89.7 Å². The minimum atomic E-state index is 0.133. The largest absolute Gasteiger partial charge is 0.345 e. The van der Waals surface area contributed by atoms with E-state index in [1.54, 1.807) is 6.33 Å². The summed E-state index contributed by atoms with van der Waals surface area (Å²) in [6.07, 6.45) is 2.72. The van der Waals surface area contributed by atoms with Gasteiger partial charge in [0.2, 0.25) is 0 Å². The van der Waals surface area contributed by atoms with E-state index in [1.807, 2.05) is 0 Å². The van der Waals surface area contributed by atoms with E-state index in [4.69, 9.17) is 5.73 Å². The summed E-state index contributed by atoms with van der Waals surface area (Å²) in [7, 11) is 0. The number of hydrogen-bond acceptors (Lipinski definition) is 2. The lowest BCUT2D eigenvalue weighted by molar-refractivity contribution is 0.488. The van der Waals surface area contributed by atoms with Crippen molar-refractivity contribution in [3.63, 3.8) is 0 Å². The molecule has 1 aromatic heterocycles. The summed E-state index contributed by atoms with van der Waals surface area (Å²) >= 11 is 0. The molecule has 0 spiro atoms. The van der Waals surface area contributed by atoms with Crippen molar-refractivity contribution >= 4 is 11.0 Å². The van der Waals surface area contributed by atoms with Gasteiger partial charge in [0.05, 0.1) is 17.4 Å². The summed E-state index contributed by atoms with van der Waals surface area (Å²) in [6.45, 7) is 5.16. The lowest BCUT2D eigenvalue weighted by Crippen LogP contribution is -2.21. The fraction of sp³-hybridized carbons (Fsp3) is 0.417. The molecule has 0 fully saturated rings. The van der Waals surface area contributed by atoms with Crippen LogP contribution in [0.15, 0.2) is 24.5 Å². The van der Waals surface area contributed by atoms with Crippen molar-refractivity contribution < 1.29 is 0 Å². The van der Waals surface area contributed by atoms with Gasteiger partial charge < -0.3 is 10.7 Å². The van der Waals surface area contributed by atoms with Crippen molar-refractivity contribution in [2.24, 2.45) is 5.73 Å². The monoisotopic (exact) mass is 203 g/mol. The molecule has 3 heteroatoms. The topological polar surface area (TPSA) is 54.7 Å². The quantitative estimate of drug-likeness (QED) is 0.803. The Morgan fingerprint density at radius 1 is 1.40 bits per heavy atom. The van der Waals surface area contributed by atoms with Gasteiger partial charge in [-0.2, -0.15) is 0 Å². The number of rotatable bonds is 3. The highest BCUT2D eigenvalue weighted by Crippen LogP contribution is 2.28. The number of nitrogens with two attached hydrogens (primary N) is 1. The summed E-state index contributed by atoms with van der Waals surface area (Å²) in [5.41, 5.74) is 9.18. The van der Waals surface area contributed by atoms with Crippen LogP contribution in [-0.2, 0) is 5.41 Å². The number of H-pyrrole nitrogens is 1. The lowest BCUT2D eigenvalue weighted by Gasteiger charge is -2.24. The average Bonchev–Trinajstić information content (AvgIpc) is 2.63. The minimum absolute atomic E-state index is 0.133. The van der Waals surface area contributed by atoms with Crippen LogP contribution >= 0.6 is 0 Å². The van der Waals surface area contributed by atoms with Crippen LogP contribution in [0.4, 0.5) is 0 Å². The van der Waals surface area contributed by atoms with Crippen LogP contribution in [0.3, 0.4) is 0 Å². The van der Waals surface area contributed by atoms with Gasteiger partial charge in [0.1, 0.15) is 0 Å². The molecule has 0 atom stereocenters. The molecule has 0 amide bonds. The molecule has 0 aliphatic heterocycles. The molecular formula is C12H17N3. The Kier molecular flexibility index (Phi) is 2.49. The Bertz CT molecular complexity index is 457. The van der Waals surface area contributed by atoms with E-state index in [1.165, 1.54) is 5.56 Å². The van der Waals surface area contributed by atoms with Gasteiger partial charge in [-0.05, 0) is 36.1 Å². The molecule has 3 N–H and O–H groups in total. The van der Waals surface area contributed by atoms with E-state index >= 15 is 0 Å². The van der Waals surface area contributed by atoms with Crippen LogP contribution in [-0.4, -0.2) is 16.5 Å². The number of fused-ring (bicyclic) bond motifs is 1. The summed E-state index contributed by atoms with van der Waals surface area (Å²) in [5.74, 6) is 0. The first-order chi connectivity index (χ1) is 7.13. The number of imidazole rings is 1. The average molecular weight is 203 g/mol. The van der Waals surface area contributed by atoms with Crippen LogP contribution in [0.5, 0.6) is 0 Å². The second-order valence-electron chi connectivity index (χ2n) is 4.56. The van der Waals surface area contributed by atoms with E-state index in [-0.39, 0.29) is 5.41 Å². The summed E-state index contributed by atoms with van der Waals surface area (Å²) in [5, 5.41) is 0. The number of nitrogens with one attached hydrogen (secondary N) is 1. The molecule has 0 unspecified atom stereocenters. The molecule has 0 saturated carbocycles. The van der Waals surface area contributed by atoms with Gasteiger partial charge in [-0.1, -0.05) is 19.9 Å². The number of benzene rings is 1. The van der Waals surface area contributed by atoms with E-state index in [9.17, 15) is 0 Å². The van der Waals surface area contributed by atoms with E-state index in [2.05, 4.69) is 42.0 Å². The summed E-state index contributed by atoms with van der Waals surface area (Å²) in [4.78, 5) is 7.34. The highest BCUT2D eigenvalue weighted by atomic mass is 14.9. The number of aromatic nitrogens is 2. The molecule has 1 aromatic carbocycles. The first-order valence-electron chi connectivity index (χ1n) is 5.27. The van der Waals surface area contributed by atoms with Crippen molar-refractivity contribution in [3.8, 4) is 0 Å². The molecule has 2 aromatic rings. The molecular weight excluding hydrogens is 186 g/mol. The number of nitrogens with zero attached hydrogens (tertiary/aromatic N) is 1. The standard InChI is InChI=1S/C12H17N3/c1-12(2,5-6-13)9-3-4-10-11(7-9)15-8-14-10/h3-4,7-8H,5-6,13H2,1-2H3,(H,14,15). The van der Waals surface area contributed by atoms with E-state index in [0.29, 0.717) is 6.54 Å². The minimum Gasteiger partial charge on any atom is -0.345 e. The zero-order valence-electron chi connectivity index (χ0n) is 9.25. The number of aromatic amines is 1. The Morgan fingerprint density at radius 3 is 2.93 bits per heavy atom. The third-order valence-electron chi connectivity index (χ3n) is 2.97. The van der Waals surface area contributed by atoms with Crippen LogP contribution < -0.4 is 5.73 Å². The molecule has 0 aliphatic carbocycles. The van der Waals surface area contributed by atoms with E-state index < -0.39 is 0 Å². The molecule has 80 valence electrons. The van der Waals surface area contributed by atoms with Crippen molar-refractivity contribution in [1.29, 1.82) is 0 Å². The van der Waals surface area contributed by atoms with Crippen LogP contribution in [0.25, 0.3) is 11.0 Å². The van der Waals surface area contributed by atoms with Crippen LogP contribution in [0.2, 0.25) is 0 Å². The molecule has 0 radical (unpaired) electrons. The Balaban J connectivity index is 2.42. The molecule has 0 saturated heterocycles. The molecule has 15 heavy (non-hydrogen) atoms. The predicted octanol–water partition coefficient (Wildman–Crippen LogP) is 2.19. The third kappa shape index (κ3) is 1.88. The normalized spacial score (nSPS) is 12.2. The zero-order valence-corrected chi connectivity index (χ0v) is 9.25. The molecule has 0 bridgehead atoms. The first kappa shape index (κ1) is 10.2. The van der Waals surface area contributed by atoms with Gasteiger partial charge in [0.15, 0.2) is 0 Å². The number of hydrogen-bond donors (Lipinski definition) is 2. The highest BCUT2D eigenvalue weighted by Gasteiger charge is 2.19. The Morgan fingerprint density at radius 2 is 2.20 bits per heavy atom. The highest BCUT2D eigenvalue weighted by molar-refractivity contribution is 5.75. The second-order valence-corrected chi connectivity index (χ2v) is 4.56. The summed E-state index contributed by atoms with van der Waals surface area (Å²) in [6, 6.07) is 6.36. The zero-order chi connectivity index (χ0) is 10.9. The van der Waals surface area contributed by atoms with E-state index in [0.717, 1.165) is 17.5 Å². The summed E-state index contributed by atoms with van der Waals surface area (Å²) < 4.78 is 0. The maximum atomic E-state index is 5.62. The molecule has 2 rings (SSSR count). The van der Waals surface area contributed by atoms with Crippen molar-refractivity contribution in [3.05, 3.63) is 30.1 Å². The maximum Gasteiger partial charge on any atom is 0.0931 e. The fourth-order valence-electron chi connectivity index (χ4n) is 1.86. The van der Waals surface area contributed by atoms with Crippen molar-refractivity contribution in [1.82, 2.24) is 9.97 Å². The van der Waals surface area contributed by atoms with Crippen molar-refractivity contribution in [2.75, 3.05) is 6.54 Å². The van der Waals surface area contributed by atoms with Gasteiger partial charge in [0, 0.05) is 0 Å². The SMILES string of the molecule is CC(C)(CCN)c1ccc2nc[nH]c2c1. The fourth-order valence-corrected chi connectivity index (χ4v) is 1.86. The maximum absolute atomic E-state index is 5.62. The van der Waals surface area contributed by atoms with Gasteiger partial charge in [-0.25, -0.2) is 4.98 Å². The van der Waals surface area contributed by atoms with Crippen LogP contribution in [0, 0.1) is 0 Å². The van der Waals surface area contributed by atoms with Gasteiger partial charge in [-0.15, -0.1) is 0 Å². The van der Waals surface area contributed by atoms with Gasteiger partial charge in [0.25, 0.3) is 0 Å². The second kappa shape index (κ2) is 3.66. The molecule has 0 aliphatic rings. The lowest BCUT2D eigenvalue weighted by atomic mass is 9.81. The van der Waals surface area contributed by atoms with Crippen molar-refractivity contribution in [2.45, 2.75) is 25.7 Å². The van der Waals surface area contributed by atoms with Gasteiger partial charge >= 0.3 is 0 Å². The van der Waals surface area contributed by atoms with Gasteiger partial charge in [-0.3, -0.25) is 0 Å². The predicted molar refractivity (Wildman–Crippen MR) is 62.8 cm³/mol. The first-order valence-corrected chi connectivity index (χ1v) is 5.27. The van der Waals surface area contributed by atoms with Crippen LogP contribution in [0.1, 0.15) is 25.8 Å². The third-order valence-corrected chi connectivity index (χ3v) is 2.97.